The van der Waals surface area contributed by atoms with Gasteiger partial charge >= 0.3 is 0 Å². The third kappa shape index (κ3) is 3.25. The number of aliphatic hydroxyl groups is 1. The maximum absolute atomic E-state index is 13.0. The van der Waals surface area contributed by atoms with E-state index in [1.165, 1.54) is 6.26 Å². The van der Waals surface area contributed by atoms with Gasteiger partial charge in [0.15, 0.2) is 9.84 Å². The summed E-state index contributed by atoms with van der Waals surface area (Å²) < 4.78 is 31.3. The Morgan fingerprint density at radius 1 is 1.14 bits per heavy atom. The summed E-state index contributed by atoms with van der Waals surface area (Å²) in [5.74, 6) is 0.615. The Bertz CT molecular complexity index is 724. The first-order valence-corrected chi connectivity index (χ1v) is 8.70. The lowest BCUT2D eigenvalue weighted by molar-refractivity contribution is 0.0584. The van der Waals surface area contributed by atoms with Crippen LogP contribution in [-0.4, -0.2) is 19.6 Å². The minimum Gasteiger partial charge on any atom is -0.469 e. The molecule has 0 amide bonds. The predicted octanol–water partition coefficient (Wildman–Crippen LogP) is 3.51. The summed E-state index contributed by atoms with van der Waals surface area (Å²) >= 11 is 0. The fourth-order valence-corrected chi connectivity index (χ4v) is 4.41. The number of sulfone groups is 1. The van der Waals surface area contributed by atoms with Crippen molar-refractivity contribution in [2.75, 3.05) is 0 Å². The Morgan fingerprint density at radius 2 is 1.73 bits per heavy atom. The average molecular weight is 322 g/mol. The molecule has 1 aromatic heterocycles. The van der Waals surface area contributed by atoms with Crippen LogP contribution in [0.1, 0.15) is 37.3 Å². The number of hydrogen-bond donors (Lipinski definition) is 1. The predicted molar refractivity (Wildman–Crippen MR) is 85.3 cm³/mol. The van der Waals surface area contributed by atoms with E-state index < -0.39 is 26.6 Å². The quantitative estimate of drug-likeness (QED) is 0.935. The van der Waals surface area contributed by atoms with Crippen molar-refractivity contribution in [1.82, 2.24) is 0 Å². The van der Waals surface area contributed by atoms with Gasteiger partial charge in [-0.05, 0) is 30.5 Å². The number of benzene rings is 1. The van der Waals surface area contributed by atoms with Gasteiger partial charge in [0.1, 0.15) is 11.0 Å². The molecule has 0 aliphatic carbocycles. The Labute approximate surface area is 131 Å². The van der Waals surface area contributed by atoms with Gasteiger partial charge in [0.2, 0.25) is 0 Å². The molecule has 0 radical (unpaired) electrons. The molecule has 1 aromatic carbocycles. The number of aliphatic hydroxyl groups excluding tert-OH is 1. The van der Waals surface area contributed by atoms with Crippen LogP contribution in [0.2, 0.25) is 0 Å². The van der Waals surface area contributed by atoms with Gasteiger partial charge in [0.25, 0.3) is 0 Å². The topological polar surface area (TPSA) is 67.5 Å². The van der Waals surface area contributed by atoms with E-state index in [9.17, 15) is 13.5 Å². The lowest BCUT2D eigenvalue weighted by Crippen LogP contribution is -2.36. The lowest BCUT2D eigenvalue weighted by Gasteiger charge is -2.32. The highest BCUT2D eigenvalue weighted by molar-refractivity contribution is 7.91. The third-order valence-electron chi connectivity index (χ3n) is 3.66. The SMILES string of the molecule is Cc1cc(C(C(O)C(C)(C)C)S(=O)(=O)c2ccccc2)co1. The Kier molecular flexibility index (Phi) is 4.49. The van der Waals surface area contributed by atoms with Crippen molar-refractivity contribution in [3.8, 4) is 0 Å². The normalized spacial score (nSPS) is 15.5. The van der Waals surface area contributed by atoms with Crippen molar-refractivity contribution in [1.29, 1.82) is 0 Å². The van der Waals surface area contributed by atoms with Crippen molar-refractivity contribution in [3.05, 3.63) is 54.0 Å². The Balaban J connectivity index is 2.59. The van der Waals surface area contributed by atoms with Gasteiger partial charge < -0.3 is 9.52 Å². The van der Waals surface area contributed by atoms with E-state index in [1.807, 2.05) is 20.8 Å². The molecule has 2 rings (SSSR count). The largest absolute Gasteiger partial charge is 0.469 e. The van der Waals surface area contributed by atoms with E-state index in [0.29, 0.717) is 11.3 Å². The molecule has 120 valence electrons. The second kappa shape index (κ2) is 5.89. The van der Waals surface area contributed by atoms with Crippen LogP contribution in [0.3, 0.4) is 0 Å². The molecule has 22 heavy (non-hydrogen) atoms. The van der Waals surface area contributed by atoms with Crippen molar-refractivity contribution in [2.45, 2.75) is 43.9 Å². The molecule has 0 bridgehead atoms. The molecule has 0 fully saturated rings. The van der Waals surface area contributed by atoms with Gasteiger partial charge in [-0.1, -0.05) is 39.0 Å². The lowest BCUT2D eigenvalue weighted by atomic mass is 9.85. The molecule has 2 unspecified atom stereocenters. The molecular weight excluding hydrogens is 300 g/mol. The highest BCUT2D eigenvalue weighted by Crippen LogP contribution is 2.39. The summed E-state index contributed by atoms with van der Waals surface area (Å²) in [7, 11) is -3.73. The first kappa shape index (κ1) is 16.8. The molecule has 0 aliphatic rings. The van der Waals surface area contributed by atoms with Crippen LogP contribution in [0.25, 0.3) is 0 Å². The van der Waals surface area contributed by atoms with Crippen LogP contribution >= 0.6 is 0 Å². The molecule has 4 nitrogen and oxygen atoms in total. The fourth-order valence-electron chi connectivity index (χ4n) is 2.35. The van der Waals surface area contributed by atoms with E-state index in [4.69, 9.17) is 4.42 Å². The van der Waals surface area contributed by atoms with Gasteiger partial charge in [-0.25, -0.2) is 8.42 Å². The van der Waals surface area contributed by atoms with Crippen LogP contribution in [0.5, 0.6) is 0 Å². The minimum absolute atomic E-state index is 0.196. The second-order valence-corrected chi connectivity index (χ2v) is 8.65. The van der Waals surface area contributed by atoms with Crippen molar-refractivity contribution in [2.24, 2.45) is 5.41 Å². The summed E-state index contributed by atoms with van der Waals surface area (Å²) in [4.78, 5) is 0.196. The molecule has 1 N–H and O–H groups in total. The first-order chi connectivity index (χ1) is 10.1. The summed E-state index contributed by atoms with van der Waals surface area (Å²) in [6, 6.07) is 9.87. The van der Waals surface area contributed by atoms with Gasteiger partial charge in [0.05, 0.1) is 17.3 Å². The summed E-state index contributed by atoms with van der Waals surface area (Å²) in [5.41, 5.74) is -0.110. The maximum atomic E-state index is 13.0. The molecule has 0 saturated heterocycles. The number of hydrogen-bond acceptors (Lipinski definition) is 4. The van der Waals surface area contributed by atoms with Crippen molar-refractivity contribution in [3.63, 3.8) is 0 Å². The standard InChI is InChI=1S/C17H22O4S/c1-12-10-13(11-21-12)15(16(18)17(2,3)4)22(19,20)14-8-6-5-7-9-14/h5-11,15-16,18H,1-4H3. The summed E-state index contributed by atoms with van der Waals surface area (Å²) in [5, 5.41) is 9.62. The number of rotatable bonds is 4. The Morgan fingerprint density at radius 3 is 2.18 bits per heavy atom. The zero-order valence-corrected chi connectivity index (χ0v) is 14.1. The molecule has 0 aliphatic heterocycles. The zero-order valence-electron chi connectivity index (χ0n) is 13.3. The van der Waals surface area contributed by atoms with Crippen LogP contribution in [-0.2, 0) is 9.84 Å². The second-order valence-electron chi connectivity index (χ2n) is 6.58. The van der Waals surface area contributed by atoms with Gasteiger partial charge in [0, 0.05) is 5.56 Å². The molecule has 5 heteroatoms. The molecular formula is C17H22O4S. The van der Waals surface area contributed by atoms with Gasteiger partial charge in [-0.2, -0.15) is 0 Å². The Hall–Kier alpha value is -1.59. The minimum atomic E-state index is -3.73. The summed E-state index contributed by atoms with van der Waals surface area (Å²) in [6.45, 7) is 7.20. The molecule has 2 atom stereocenters. The zero-order chi connectivity index (χ0) is 16.5. The highest BCUT2D eigenvalue weighted by atomic mass is 32.2. The smallest absolute Gasteiger partial charge is 0.188 e. The molecule has 2 aromatic rings. The molecule has 0 spiro atoms. The van der Waals surface area contributed by atoms with E-state index >= 15 is 0 Å². The molecule has 1 heterocycles. The van der Waals surface area contributed by atoms with Gasteiger partial charge in [-0.15, -0.1) is 0 Å². The van der Waals surface area contributed by atoms with Gasteiger partial charge in [-0.3, -0.25) is 0 Å². The van der Waals surface area contributed by atoms with Crippen molar-refractivity contribution < 1.29 is 17.9 Å². The van der Waals surface area contributed by atoms with Crippen molar-refractivity contribution >= 4 is 9.84 Å². The van der Waals surface area contributed by atoms with E-state index in [2.05, 4.69) is 0 Å². The fraction of sp³-hybridized carbons (Fsp3) is 0.412. The monoisotopic (exact) mass is 322 g/mol. The van der Waals surface area contributed by atoms with E-state index in [1.54, 1.807) is 43.3 Å². The molecule has 0 saturated carbocycles. The highest BCUT2D eigenvalue weighted by Gasteiger charge is 2.41. The van der Waals surface area contributed by atoms with Crippen LogP contribution < -0.4 is 0 Å². The van der Waals surface area contributed by atoms with E-state index in [0.717, 1.165) is 0 Å². The van der Waals surface area contributed by atoms with Crippen LogP contribution in [0.15, 0.2) is 52.0 Å². The van der Waals surface area contributed by atoms with Crippen LogP contribution in [0, 0.1) is 12.3 Å². The summed E-state index contributed by atoms with van der Waals surface area (Å²) in [6.07, 6.45) is 0.352. The third-order valence-corrected chi connectivity index (χ3v) is 5.79. The average Bonchev–Trinajstić information content (AvgIpc) is 2.85. The maximum Gasteiger partial charge on any atom is 0.188 e. The van der Waals surface area contributed by atoms with Crippen LogP contribution in [0.4, 0.5) is 0 Å². The van der Waals surface area contributed by atoms with E-state index in [-0.39, 0.29) is 4.90 Å². The first-order valence-electron chi connectivity index (χ1n) is 7.16. The number of furan rings is 1. The number of aryl methyl sites for hydroxylation is 1.